The predicted octanol–water partition coefficient (Wildman–Crippen LogP) is 3.58. The lowest BCUT2D eigenvalue weighted by molar-refractivity contribution is -0.116. The number of amides is 2. The smallest absolute Gasteiger partial charge is 0.271 e. The second-order valence-corrected chi connectivity index (χ2v) is 5.38. The van der Waals surface area contributed by atoms with Gasteiger partial charge in [-0.05, 0) is 43.2 Å². The van der Waals surface area contributed by atoms with E-state index in [1.807, 2.05) is 44.2 Å². The van der Waals surface area contributed by atoms with E-state index in [-0.39, 0.29) is 11.8 Å². The number of nitrogens with one attached hydrogen (secondary N) is 2. The van der Waals surface area contributed by atoms with Gasteiger partial charge in [-0.15, -0.1) is 0 Å². The van der Waals surface area contributed by atoms with E-state index in [0.29, 0.717) is 17.7 Å². The van der Waals surface area contributed by atoms with Gasteiger partial charge >= 0.3 is 0 Å². The maximum Gasteiger partial charge on any atom is 0.271 e. The lowest BCUT2D eigenvalue weighted by Crippen LogP contribution is -2.19. The molecule has 0 aliphatic rings. The van der Waals surface area contributed by atoms with Crippen molar-refractivity contribution in [2.24, 2.45) is 5.10 Å². The van der Waals surface area contributed by atoms with Crippen LogP contribution in [0.15, 0.2) is 59.7 Å². The standard InChI is InChI=1S/C19H21N3O2/c1-3-7-18(23)20-17-12-10-16(11-13-17)19(24)22-21-14(2)15-8-5-4-6-9-15/h4-6,8-13H,3,7H2,1-2H3,(H,20,23)(H,22,24)/b21-14+. The normalized spacial score (nSPS) is 11.0. The fraction of sp³-hybridized carbons (Fsp3) is 0.211. The van der Waals surface area contributed by atoms with E-state index in [1.54, 1.807) is 24.3 Å². The molecule has 0 radical (unpaired) electrons. The Balaban J connectivity index is 1.96. The highest BCUT2D eigenvalue weighted by Crippen LogP contribution is 2.10. The van der Waals surface area contributed by atoms with Crippen molar-refractivity contribution in [3.8, 4) is 0 Å². The van der Waals surface area contributed by atoms with Gasteiger partial charge in [0, 0.05) is 17.7 Å². The van der Waals surface area contributed by atoms with Crippen molar-refractivity contribution in [3.63, 3.8) is 0 Å². The molecule has 0 heterocycles. The summed E-state index contributed by atoms with van der Waals surface area (Å²) in [6.07, 6.45) is 1.28. The molecule has 2 rings (SSSR count). The zero-order valence-electron chi connectivity index (χ0n) is 13.9. The van der Waals surface area contributed by atoms with Crippen molar-refractivity contribution in [2.75, 3.05) is 5.32 Å². The number of carbonyl (C=O) groups excluding carboxylic acids is 2. The average Bonchev–Trinajstić information content (AvgIpc) is 2.61. The van der Waals surface area contributed by atoms with Crippen LogP contribution in [0.1, 0.15) is 42.6 Å². The molecule has 24 heavy (non-hydrogen) atoms. The first kappa shape index (κ1) is 17.4. The van der Waals surface area contributed by atoms with Gasteiger partial charge in [0.2, 0.25) is 5.91 Å². The van der Waals surface area contributed by atoms with Gasteiger partial charge < -0.3 is 5.32 Å². The molecular formula is C19H21N3O2. The number of carbonyl (C=O) groups is 2. The molecule has 0 aliphatic carbocycles. The van der Waals surface area contributed by atoms with Crippen molar-refractivity contribution in [3.05, 3.63) is 65.7 Å². The van der Waals surface area contributed by atoms with Gasteiger partial charge in [0.05, 0.1) is 5.71 Å². The summed E-state index contributed by atoms with van der Waals surface area (Å²) in [5, 5.41) is 6.90. The zero-order chi connectivity index (χ0) is 17.4. The molecular weight excluding hydrogens is 302 g/mol. The molecule has 0 aliphatic heterocycles. The van der Waals surface area contributed by atoms with Crippen molar-refractivity contribution >= 4 is 23.2 Å². The maximum absolute atomic E-state index is 12.1. The first-order valence-electron chi connectivity index (χ1n) is 7.90. The Morgan fingerprint density at radius 2 is 1.62 bits per heavy atom. The molecule has 5 nitrogen and oxygen atoms in total. The highest BCUT2D eigenvalue weighted by Gasteiger charge is 2.06. The van der Waals surface area contributed by atoms with Gasteiger partial charge in [-0.2, -0.15) is 5.10 Å². The van der Waals surface area contributed by atoms with Crippen molar-refractivity contribution in [2.45, 2.75) is 26.7 Å². The summed E-state index contributed by atoms with van der Waals surface area (Å²) in [6, 6.07) is 16.3. The van der Waals surface area contributed by atoms with E-state index in [1.165, 1.54) is 0 Å². The van der Waals surface area contributed by atoms with E-state index < -0.39 is 0 Å². The summed E-state index contributed by atoms with van der Waals surface area (Å²) in [4.78, 5) is 23.6. The molecule has 2 aromatic rings. The molecule has 0 unspecified atom stereocenters. The third kappa shape index (κ3) is 5.05. The minimum absolute atomic E-state index is 0.0298. The zero-order valence-corrected chi connectivity index (χ0v) is 13.9. The monoisotopic (exact) mass is 323 g/mol. The van der Waals surface area contributed by atoms with Crippen LogP contribution in [0.5, 0.6) is 0 Å². The van der Waals surface area contributed by atoms with E-state index >= 15 is 0 Å². The van der Waals surface area contributed by atoms with E-state index in [0.717, 1.165) is 17.7 Å². The van der Waals surface area contributed by atoms with E-state index in [9.17, 15) is 9.59 Å². The first-order chi connectivity index (χ1) is 11.6. The molecule has 0 fully saturated rings. The minimum atomic E-state index is -0.295. The lowest BCUT2D eigenvalue weighted by atomic mass is 10.1. The number of hydrogen-bond acceptors (Lipinski definition) is 3. The fourth-order valence-electron chi connectivity index (χ4n) is 2.10. The van der Waals surface area contributed by atoms with E-state index in [4.69, 9.17) is 0 Å². The highest BCUT2D eigenvalue weighted by molar-refractivity contribution is 6.01. The van der Waals surface area contributed by atoms with Gasteiger partial charge in [-0.3, -0.25) is 9.59 Å². The van der Waals surface area contributed by atoms with Crippen molar-refractivity contribution in [1.82, 2.24) is 5.43 Å². The summed E-state index contributed by atoms with van der Waals surface area (Å²) in [6.45, 7) is 3.78. The molecule has 2 amide bonds. The van der Waals surface area contributed by atoms with Crippen LogP contribution < -0.4 is 10.7 Å². The summed E-state index contributed by atoms with van der Waals surface area (Å²) >= 11 is 0. The molecule has 0 bridgehead atoms. The van der Waals surface area contributed by atoms with Crippen LogP contribution in [0, 0.1) is 0 Å². The van der Waals surface area contributed by atoms with Crippen molar-refractivity contribution in [1.29, 1.82) is 0 Å². The average molecular weight is 323 g/mol. The Hall–Kier alpha value is -2.95. The Kier molecular flexibility index (Phi) is 6.25. The van der Waals surface area contributed by atoms with Gasteiger partial charge in [0.15, 0.2) is 0 Å². The quantitative estimate of drug-likeness (QED) is 0.630. The first-order valence-corrected chi connectivity index (χ1v) is 7.90. The third-order valence-corrected chi connectivity index (χ3v) is 3.42. The summed E-state index contributed by atoms with van der Waals surface area (Å²) in [5.74, 6) is -0.325. The highest BCUT2D eigenvalue weighted by atomic mass is 16.2. The number of nitrogens with zero attached hydrogens (tertiary/aromatic N) is 1. The Labute approximate surface area is 141 Å². The van der Waals surface area contributed by atoms with Gasteiger partial charge in [-0.1, -0.05) is 37.3 Å². The van der Waals surface area contributed by atoms with Crippen LogP contribution in [-0.4, -0.2) is 17.5 Å². The second kappa shape index (κ2) is 8.62. The Bertz CT molecular complexity index is 722. The van der Waals surface area contributed by atoms with Crippen LogP contribution in [-0.2, 0) is 4.79 Å². The summed E-state index contributed by atoms with van der Waals surface area (Å²) < 4.78 is 0. The van der Waals surface area contributed by atoms with Crippen LogP contribution in [0.3, 0.4) is 0 Å². The third-order valence-electron chi connectivity index (χ3n) is 3.42. The molecule has 2 aromatic carbocycles. The lowest BCUT2D eigenvalue weighted by Gasteiger charge is -2.06. The van der Waals surface area contributed by atoms with Crippen LogP contribution in [0.25, 0.3) is 0 Å². The number of anilines is 1. The molecule has 0 aromatic heterocycles. The van der Waals surface area contributed by atoms with Crippen LogP contribution in [0.2, 0.25) is 0 Å². The van der Waals surface area contributed by atoms with Crippen LogP contribution in [0.4, 0.5) is 5.69 Å². The molecule has 0 saturated heterocycles. The number of rotatable bonds is 6. The molecule has 0 atom stereocenters. The Morgan fingerprint density at radius 3 is 2.25 bits per heavy atom. The summed E-state index contributed by atoms with van der Waals surface area (Å²) in [5.41, 5.74) is 5.37. The van der Waals surface area contributed by atoms with Crippen LogP contribution >= 0.6 is 0 Å². The SMILES string of the molecule is CCCC(=O)Nc1ccc(C(=O)N/N=C(\C)c2ccccc2)cc1. The minimum Gasteiger partial charge on any atom is -0.326 e. The Morgan fingerprint density at radius 1 is 0.958 bits per heavy atom. The molecule has 5 heteroatoms. The largest absolute Gasteiger partial charge is 0.326 e. The fourth-order valence-corrected chi connectivity index (χ4v) is 2.10. The second-order valence-electron chi connectivity index (χ2n) is 5.38. The van der Waals surface area contributed by atoms with Gasteiger partial charge in [0.25, 0.3) is 5.91 Å². The van der Waals surface area contributed by atoms with Gasteiger partial charge in [-0.25, -0.2) is 5.43 Å². The summed E-state index contributed by atoms with van der Waals surface area (Å²) in [7, 11) is 0. The van der Waals surface area contributed by atoms with Gasteiger partial charge in [0.1, 0.15) is 0 Å². The topological polar surface area (TPSA) is 70.6 Å². The maximum atomic E-state index is 12.1. The van der Waals surface area contributed by atoms with Crippen molar-refractivity contribution < 1.29 is 9.59 Å². The predicted molar refractivity (Wildman–Crippen MR) is 96.1 cm³/mol. The number of benzene rings is 2. The number of hydrazone groups is 1. The molecule has 2 N–H and O–H groups in total. The number of hydrogen-bond donors (Lipinski definition) is 2. The molecule has 0 saturated carbocycles. The molecule has 0 spiro atoms. The van der Waals surface area contributed by atoms with E-state index in [2.05, 4.69) is 15.8 Å². The molecule has 124 valence electrons.